The fraction of sp³-hybridized carbons (Fsp3) is 0.333. The van der Waals surface area contributed by atoms with Crippen LogP contribution in [0.25, 0.3) is 0 Å². The summed E-state index contributed by atoms with van der Waals surface area (Å²) in [7, 11) is -0.0550. The molecule has 116 valence electrons. The second-order valence-electron chi connectivity index (χ2n) is 5.33. The third-order valence-electron chi connectivity index (χ3n) is 3.76. The number of aryl methyl sites for hydroxylation is 3. The first-order valence-electron chi connectivity index (χ1n) is 7.69. The van der Waals surface area contributed by atoms with Gasteiger partial charge in [-0.2, -0.15) is 0 Å². The Morgan fingerprint density at radius 3 is 1.23 bits per heavy atom. The van der Waals surface area contributed by atoms with Crippen LogP contribution >= 0.6 is 7.92 Å². The summed E-state index contributed by atoms with van der Waals surface area (Å²) in [5.74, 6) is 3.26. The number of hydrogen-bond donors (Lipinski definition) is 0. The molecule has 0 atom stereocenters. The summed E-state index contributed by atoms with van der Waals surface area (Å²) < 4.78 is 16.4. The molecule has 0 aliphatic rings. The molecule has 3 rings (SSSR count). The molecule has 4 heteroatoms. The van der Waals surface area contributed by atoms with Crippen molar-refractivity contribution in [2.45, 2.75) is 19.3 Å². The lowest BCUT2D eigenvalue weighted by atomic mass is 10.3. The molecule has 0 aliphatic heterocycles. The van der Waals surface area contributed by atoms with E-state index in [9.17, 15) is 0 Å². The highest BCUT2D eigenvalue weighted by molar-refractivity contribution is 7.57. The highest BCUT2D eigenvalue weighted by atomic mass is 31.1. The van der Waals surface area contributed by atoms with Crippen LogP contribution < -0.4 is 0 Å². The van der Waals surface area contributed by atoms with Gasteiger partial charge in [0.2, 0.25) is 0 Å². The molecule has 3 aromatic heterocycles. The van der Waals surface area contributed by atoms with E-state index in [1.807, 2.05) is 18.2 Å². The van der Waals surface area contributed by atoms with Gasteiger partial charge in [0.25, 0.3) is 0 Å². The van der Waals surface area contributed by atoms with Gasteiger partial charge in [-0.3, -0.25) is 0 Å². The fourth-order valence-corrected chi connectivity index (χ4v) is 4.79. The molecule has 0 radical (unpaired) electrons. The molecule has 0 saturated carbocycles. The van der Waals surface area contributed by atoms with E-state index in [0.29, 0.717) is 0 Å². The lowest BCUT2D eigenvalue weighted by molar-refractivity contribution is 0.513. The standard InChI is InChI=1S/C18H21O3P/c1-4-16(19-10-1)7-13-22(14-8-17-5-2-11-20-17)15-9-18-6-3-12-21-18/h1-6,10-12H,7-9,13-15H2. The van der Waals surface area contributed by atoms with Crippen molar-refractivity contribution >= 4 is 7.92 Å². The van der Waals surface area contributed by atoms with Gasteiger partial charge < -0.3 is 13.3 Å². The first-order chi connectivity index (χ1) is 10.9. The van der Waals surface area contributed by atoms with Crippen LogP contribution in [0.3, 0.4) is 0 Å². The molecule has 0 saturated heterocycles. The molecule has 0 amide bonds. The third-order valence-corrected chi connectivity index (χ3v) is 6.33. The Labute approximate surface area is 132 Å². The van der Waals surface area contributed by atoms with Crippen molar-refractivity contribution in [2.24, 2.45) is 0 Å². The predicted molar refractivity (Wildman–Crippen MR) is 88.8 cm³/mol. The Hall–Kier alpha value is -1.73. The third kappa shape index (κ3) is 4.64. The summed E-state index contributed by atoms with van der Waals surface area (Å²) in [6, 6.07) is 12.1. The number of rotatable bonds is 9. The molecule has 0 bridgehead atoms. The summed E-state index contributed by atoms with van der Waals surface area (Å²) in [6.45, 7) is 0. The van der Waals surface area contributed by atoms with E-state index in [-0.39, 0.29) is 7.92 Å². The average Bonchev–Trinajstić information content (AvgIpc) is 3.29. The second kappa shape index (κ2) is 8.05. The number of furan rings is 3. The number of hydrogen-bond acceptors (Lipinski definition) is 3. The maximum atomic E-state index is 5.46. The van der Waals surface area contributed by atoms with E-state index in [0.717, 1.165) is 36.5 Å². The van der Waals surface area contributed by atoms with Crippen LogP contribution in [0.1, 0.15) is 17.3 Å². The van der Waals surface area contributed by atoms with Crippen LogP contribution in [0.2, 0.25) is 0 Å². The quantitative estimate of drug-likeness (QED) is 0.523. The van der Waals surface area contributed by atoms with E-state index < -0.39 is 0 Å². The summed E-state index contributed by atoms with van der Waals surface area (Å²) in [5, 5.41) is 0. The van der Waals surface area contributed by atoms with Crippen molar-refractivity contribution in [3.05, 3.63) is 72.5 Å². The van der Waals surface area contributed by atoms with Crippen molar-refractivity contribution in [3.63, 3.8) is 0 Å². The van der Waals surface area contributed by atoms with Gasteiger partial charge >= 0.3 is 0 Å². The molecule has 0 aliphatic carbocycles. The van der Waals surface area contributed by atoms with Crippen LogP contribution in [0.4, 0.5) is 0 Å². The zero-order valence-electron chi connectivity index (χ0n) is 12.6. The summed E-state index contributed by atoms with van der Waals surface area (Å²) in [5.41, 5.74) is 0. The summed E-state index contributed by atoms with van der Waals surface area (Å²) >= 11 is 0. The second-order valence-corrected chi connectivity index (χ2v) is 8.01. The largest absolute Gasteiger partial charge is 0.469 e. The average molecular weight is 316 g/mol. The Morgan fingerprint density at radius 2 is 0.955 bits per heavy atom. The first kappa shape index (κ1) is 15.2. The molecule has 22 heavy (non-hydrogen) atoms. The van der Waals surface area contributed by atoms with Crippen molar-refractivity contribution < 1.29 is 13.3 Å². The maximum Gasteiger partial charge on any atom is 0.104 e. The molecule has 3 nitrogen and oxygen atoms in total. The molecule has 0 N–H and O–H groups in total. The highest BCUT2D eigenvalue weighted by Gasteiger charge is 2.12. The van der Waals surface area contributed by atoms with Gasteiger partial charge in [0.1, 0.15) is 17.3 Å². The monoisotopic (exact) mass is 316 g/mol. The van der Waals surface area contributed by atoms with Crippen molar-refractivity contribution in [3.8, 4) is 0 Å². The van der Waals surface area contributed by atoms with E-state index in [1.54, 1.807) is 18.8 Å². The van der Waals surface area contributed by atoms with Crippen molar-refractivity contribution in [1.29, 1.82) is 0 Å². The Balaban J connectivity index is 1.51. The smallest absolute Gasteiger partial charge is 0.104 e. The van der Waals surface area contributed by atoms with Crippen molar-refractivity contribution in [1.82, 2.24) is 0 Å². The SMILES string of the molecule is c1coc(CCP(CCc2ccco2)CCc2ccco2)c1. The summed E-state index contributed by atoms with van der Waals surface area (Å²) in [6.07, 6.45) is 11.9. The Kier molecular flexibility index (Phi) is 5.55. The van der Waals surface area contributed by atoms with Crippen LogP contribution in [-0.2, 0) is 19.3 Å². The zero-order valence-corrected chi connectivity index (χ0v) is 13.5. The molecule has 3 aromatic rings. The minimum Gasteiger partial charge on any atom is -0.469 e. The van der Waals surface area contributed by atoms with E-state index >= 15 is 0 Å². The van der Waals surface area contributed by atoms with Crippen LogP contribution in [0, 0.1) is 0 Å². The van der Waals surface area contributed by atoms with Gasteiger partial charge in [0, 0.05) is 19.3 Å². The lowest BCUT2D eigenvalue weighted by Gasteiger charge is -2.16. The maximum absolute atomic E-state index is 5.46. The van der Waals surface area contributed by atoms with E-state index in [2.05, 4.69) is 18.2 Å². The van der Waals surface area contributed by atoms with E-state index in [1.165, 1.54) is 18.5 Å². The lowest BCUT2D eigenvalue weighted by Crippen LogP contribution is -2.02. The van der Waals surface area contributed by atoms with Gasteiger partial charge in [-0.15, -0.1) is 7.92 Å². The first-order valence-corrected chi connectivity index (χ1v) is 9.59. The zero-order chi connectivity index (χ0) is 15.0. The van der Waals surface area contributed by atoms with E-state index in [4.69, 9.17) is 13.3 Å². The van der Waals surface area contributed by atoms with Crippen molar-refractivity contribution in [2.75, 3.05) is 18.5 Å². The molecule has 0 fully saturated rings. The molecule has 0 aromatic carbocycles. The minimum atomic E-state index is -0.0550. The van der Waals surface area contributed by atoms with Gasteiger partial charge in [-0.25, -0.2) is 0 Å². The van der Waals surface area contributed by atoms with Crippen LogP contribution in [0.15, 0.2) is 68.4 Å². The van der Waals surface area contributed by atoms with Crippen LogP contribution in [0.5, 0.6) is 0 Å². The minimum absolute atomic E-state index is 0.0550. The molecule has 3 heterocycles. The Morgan fingerprint density at radius 1 is 0.591 bits per heavy atom. The Bertz CT molecular complexity index is 520. The highest BCUT2D eigenvalue weighted by Crippen LogP contribution is 2.37. The summed E-state index contributed by atoms with van der Waals surface area (Å²) in [4.78, 5) is 0. The molecule has 0 spiro atoms. The van der Waals surface area contributed by atoms with Gasteiger partial charge in [0.15, 0.2) is 0 Å². The van der Waals surface area contributed by atoms with Gasteiger partial charge in [-0.05, 0) is 54.9 Å². The fourth-order valence-electron chi connectivity index (χ4n) is 2.50. The topological polar surface area (TPSA) is 39.4 Å². The normalized spacial score (nSPS) is 11.3. The molecule has 0 unspecified atom stereocenters. The molecular weight excluding hydrogens is 295 g/mol. The van der Waals surface area contributed by atoms with Crippen LogP contribution in [-0.4, -0.2) is 18.5 Å². The molecular formula is C18H21O3P. The van der Waals surface area contributed by atoms with Gasteiger partial charge in [-0.1, -0.05) is 0 Å². The predicted octanol–water partition coefficient (Wildman–Crippen LogP) is 4.98. The van der Waals surface area contributed by atoms with Gasteiger partial charge in [0.05, 0.1) is 18.8 Å².